The summed E-state index contributed by atoms with van der Waals surface area (Å²) in [5.41, 5.74) is 5.92. The molecule has 1 heterocycles. The SMILES string of the molecule is C[Si]1(C)CN(c2[c-]ccc(N(c3ccccc3)c3ccccc3)c2)c2ccccc21.[CH3-].[Ir]. The molecule has 4 aromatic rings. The minimum absolute atomic E-state index is 0. The van der Waals surface area contributed by atoms with Crippen LogP contribution < -0.4 is 15.0 Å². The summed E-state index contributed by atoms with van der Waals surface area (Å²) in [7, 11) is -1.49. The van der Waals surface area contributed by atoms with Gasteiger partial charge in [0.15, 0.2) is 0 Å². The number of rotatable bonds is 4. The fourth-order valence-electron chi connectivity index (χ4n) is 4.40. The second-order valence-electron chi connectivity index (χ2n) is 8.43. The van der Waals surface area contributed by atoms with Crippen LogP contribution in [-0.4, -0.2) is 14.2 Å². The summed E-state index contributed by atoms with van der Waals surface area (Å²) >= 11 is 0. The van der Waals surface area contributed by atoms with Gasteiger partial charge in [-0.1, -0.05) is 79.1 Å². The Morgan fingerprint density at radius 3 is 1.94 bits per heavy atom. The Hall–Kier alpha value is -2.65. The molecular formula is C28H28IrN2Si-2. The molecule has 0 saturated carbocycles. The molecule has 0 atom stereocenters. The molecule has 4 heteroatoms. The van der Waals surface area contributed by atoms with E-state index in [-0.39, 0.29) is 27.5 Å². The summed E-state index contributed by atoms with van der Waals surface area (Å²) in [6.45, 7) is 4.91. The number of benzene rings is 4. The van der Waals surface area contributed by atoms with E-state index in [0.29, 0.717) is 0 Å². The van der Waals surface area contributed by atoms with Crippen molar-refractivity contribution >= 4 is 41.7 Å². The normalized spacial score (nSPS) is 13.5. The topological polar surface area (TPSA) is 6.48 Å². The summed E-state index contributed by atoms with van der Waals surface area (Å²) < 4.78 is 0. The fraction of sp³-hybridized carbons (Fsp3) is 0.107. The molecule has 0 unspecified atom stereocenters. The number of hydrogen-bond acceptors (Lipinski definition) is 2. The van der Waals surface area contributed by atoms with E-state index in [1.807, 2.05) is 0 Å². The van der Waals surface area contributed by atoms with Crippen molar-refractivity contribution in [3.05, 3.63) is 117 Å². The van der Waals surface area contributed by atoms with Crippen LogP contribution in [0.25, 0.3) is 0 Å². The molecule has 1 radical (unpaired) electrons. The number of fused-ring (bicyclic) bond motifs is 1. The van der Waals surface area contributed by atoms with Gasteiger partial charge in [0.2, 0.25) is 0 Å². The van der Waals surface area contributed by atoms with Gasteiger partial charge in [-0.3, -0.25) is 0 Å². The van der Waals surface area contributed by atoms with Crippen molar-refractivity contribution in [2.24, 2.45) is 0 Å². The average molecular weight is 613 g/mol. The smallest absolute Gasteiger partial charge is 0.104 e. The third-order valence-electron chi connectivity index (χ3n) is 5.83. The first kappa shape index (κ1) is 24.0. The quantitative estimate of drug-likeness (QED) is 0.181. The van der Waals surface area contributed by atoms with Crippen molar-refractivity contribution in [3.8, 4) is 0 Å². The molecule has 32 heavy (non-hydrogen) atoms. The molecule has 0 amide bonds. The Morgan fingerprint density at radius 2 is 1.31 bits per heavy atom. The van der Waals surface area contributed by atoms with E-state index < -0.39 is 8.07 Å². The van der Waals surface area contributed by atoms with Gasteiger partial charge >= 0.3 is 0 Å². The molecule has 0 bridgehead atoms. The second-order valence-corrected chi connectivity index (χ2v) is 13.0. The number of nitrogens with zero attached hydrogens (tertiary/aromatic N) is 2. The third kappa shape index (κ3) is 4.45. The standard InChI is InChI=1S/C27H25N2Si.CH3.Ir/c1-30(2)21-28(26-18-9-10-19-27(26)30)24-16-11-17-25(20-24)29(22-12-5-3-6-13-22)23-14-7-4-8-15-23;;/h3-15,17-20H,21H2,1-2H3;1H3;/q2*-1;. The molecule has 5 rings (SSSR count). The van der Waals surface area contributed by atoms with Gasteiger partial charge in [-0.25, -0.2) is 0 Å². The van der Waals surface area contributed by atoms with E-state index in [9.17, 15) is 0 Å². The van der Waals surface area contributed by atoms with Gasteiger partial charge in [0.25, 0.3) is 0 Å². The Labute approximate surface area is 206 Å². The van der Waals surface area contributed by atoms with Gasteiger partial charge in [0.05, 0.1) is 0 Å². The van der Waals surface area contributed by atoms with Crippen LogP contribution in [0.5, 0.6) is 0 Å². The number of hydrogen-bond donors (Lipinski definition) is 0. The molecular weight excluding hydrogens is 585 g/mol. The molecule has 165 valence electrons. The van der Waals surface area contributed by atoms with Crippen LogP contribution in [0.1, 0.15) is 0 Å². The summed E-state index contributed by atoms with van der Waals surface area (Å²) in [5, 5.41) is 1.53. The van der Waals surface area contributed by atoms with Crippen molar-refractivity contribution in [2.45, 2.75) is 13.1 Å². The van der Waals surface area contributed by atoms with Crippen molar-refractivity contribution in [1.29, 1.82) is 0 Å². The van der Waals surface area contributed by atoms with Gasteiger partial charge in [-0.15, -0.1) is 12.1 Å². The van der Waals surface area contributed by atoms with Gasteiger partial charge in [0, 0.05) is 43.3 Å². The molecule has 0 N–H and O–H groups in total. The summed E-state index contributed by atoms with van der Waals surface area (Å²) in [6, 6.07) is 40.0. The van der Waals surface area contributed by atoms with Crippen molar-refractivity contribution in [1.82, 2.24) is 0 Å². The van der Waals surface area contributed by atoms with Crippen LogP contribution in [0, 0.1) is 13.5 Å². The van der Waals surface area contributed by atoms with Crippen molar-refractivity contribution in [3.63, 3.8) is 0 Å². The maximum Gasteiger partial charge on any atom is 0.104 e. The zero-order chi connectivity index (χ0) is 20.6. The molecule has 0 aliphatic carbocycles. The number of para-hydroxylation sites is 3. The first-order valence-electron chi connectivity index (χ1n) is 10.4. The molecule has 4 aromatic carbocycles. The van der Waals surface area contributed by atoms with Crippen LogP contribution in [0.3, 0.4) is 0 Å². The zero-order valence-corrected chi connectivity index (χ0v) is 22.1. The zero-order valence-electron chi connectivity index (χ0n) is 18.7. The Balaban J connectivity index is 0.00000144. The van der Waals surface area contributed by atoms with E-state index in [2.05, 4.69) is 132 Å². The van der Waals surface area contributed by atoms with Crippen LogP contribution in [0.2, 0.25) is 13.1 Å². The van der Waals surface area contributed by atoms with E-state index in [0.717, 1.165) is 28.9 Å². The Kier molecular flexibility index (Phi) is 7.40. The van der Waals surface area contributed by atoms with Crippen LogP contribution >= 0.6 is 0 Å². The summed E-state index contributed by atoms with van der Waals surface area (Å²) in [6.07, 6.45) is 1.09. The maximum atomic E-state index is 3.51. The van der Waals surface area contributed by atoms with Gasteiger partial charge < -0.3 is 17.2 Å². The van der Waals surface area contributed by atoms with Crippen LogP contribution in [0.4, 0.5) is 28.4 Å². The first-order valence-corrected chi connectivity index (χ1v) is 13.6. The van der Waals surface area contributed by atoms with Crippen molar-refractivity contribution < 1.29 is 20.1 Å². The summed E-state index contributed by atoms with van der Waals surface area (Å²) in [4.78, 5) is 4.76. The van der Waals surface area contributed by atoms with Crippen molar-refractivity contribution in [2.75, 3.05) is 16.0 Å². The molecule has 0 fully saturated rings. The Bertz CT molecular complexity index is 1120. The molecule has 1 aliphatic rings. The Morgan fingerprint density at radius 1 is 0.750 bits per heavy atom. The largest absolute Gasteiger partial charge is 0.368 e. The second kappa shape index (κ2) is 9.87. The summed E-state index contributed by atoms with van der Waals surface area (Å²) in [5.74, 6) is 0. The van der Waals surface area contributed by atoms with Crippen LogP contribution in [0.15, 0.2) is 103 Å². The van der Waals surface area contributed by atoms with E-state index >= 15 is 0 Å². The fourth-order valence-corrected chi connectivity index (χ4v) is 7.16. The van der Waals surface area contributed by atoms with Gasteiger partial charge in [-0.05, 0) is 35.5 Å². The third-order valence-corrected chi connectivity index (χ3v) is 8.81. The predicted octanol–water partition coefficient (Wildman–Crippen LogP) is 7.01. The first-order chi connectivity index (χ1) is 14.6. The molecule has 1 aliphatic heterocycles. The molecule has 0 aromatic heterocycles. The monoisotopic (exact) mass is 613 g/mol. The molecule has 0 spiro atoms. The van der Waals surface area contributed by atoms with E-state index in [1.165, 1.54) is 10.9 Å². The van der Waals surface area contributed by atoms with E-state index in [1.54, 1.807) is 0 Å². The molecule has 0 saturated heterocycles. The molecule has 2 nitrogen and oxygen atoms in total. The minimum Gasteiger partial charge on any atom is -0.368 e. The van der Waals surface area contributed by atoms with Gasteiger partial charge in [0.1, 0.15) is 8.07 Å². The predicted molar refractivity (Wildman–Crippen MR) is 137 cm³/mol. The van der Waals surface area contributed by atoms with Gasteiger partial charge in [-0.2, -0.15) is 12.1 Å². The van der Waals surface area contributed by atoms with E-state index in [4.69, 9.17) is 0 Å². The average Bonchev–Trinajstić information content (AvgIpc) is 3.07. The number of anilines is 5. The van der Waals surface area contributed by atoms with Crippen LogP contribution in [-0.2, 0) is 20.1 Å². The maximum absolute atomic E-state index is 3.51. The minimum atomic E-state index is -1.49.